The van der Waals surface area contributed by atoms with Crippen LogP contribution in [0, 0.1) is 0 Å². The molecule has 1 fully saturated rings. The number of aliphatic hydroxyl groups is 1. The number of guanidine groups is 1. The van der Waals surface area contributed by atoms with Crippen molar-refractivity contribution in [1.82, 2.24) is 20.0 Å². The highest BCUT2D eigenvalue weighted by Gasteiger charge is 2.41. The zero-order valence-electron chi connectivity index (χ0n) is 18.8. The van der Waals surface area contributed by atoms with Gasteiger partial charge in [0.05, 0.1) is 12.6 Å². The molecule has 2 aliphatic rings. The zero-order chi connectivity index (χ0) is 22.4. The average Bonchev–Trinajstić information content (AvgIpc) is 2.75. The maximum Gasteiger partial charge on any atom is 0.403 e. The van der Waals surface area contributed by atoms with Crippen LogP contribution in [0.25, 0.3) is 0 Å². The molecule has 0 amide bonds. The molecule has 182 valence electrons. The molecule has 0 aliphatic carbocycles. The van der Waals surface area contributed by atoms with E-state index in [2.05, 4.69) is 33.4 Å². The molecule has 2 aliphatic heterocycles. The third kappa shape index (κ3) is 7.46. The van der Waals surface area contributed by atoms with Crippen molar-refractivity contribution in [3.8, 4) is 0 Å². The molecule has 2 unspecified atom stereocenters. The summed E-state index contributed by atoms with van der Waals surface area (Å²) in [4.78, 5) is 10.3. The second-order valence-corrected chi connectivity index (χ2v) is 8.34. The Morgan fingerprint density at radius 2 is 1.78 bits per heavy atom. The fraction of sp³-hybridized carbons (Fsp3) is 0.682. The molecule has 0 radical (unpaired) electrons. The van der Waals surface area contributed by atoms with Crippen LogP contribution in [0.5, 0.6) is 0 Å². The number of alkyl halides is 3. The van der Waals surface area contributed by atoms with E-state index in [-0.39, 0.29) is 30.5 Å². The highest BCUT2D eigenvalue weighted by atomic mass is 127. The topological polar surface area (TPSA) is 54.3 Å². The van der Waals surface area contributed by atoms with Crippen molar-refractivity contribution in [3.63, 3.8) is 0 Å². The van der Waals surface area contributed by atoms with E-state index in [4.69, 9.17) is 0 Å². The average molecular weight is 569 g/mol. The minimum atomic E-state index is -4.21. The summed E-state index contributed by atoms with van der Waals surface area (Å²) in [6.07, 6.45) is -3.82. The lowest BCUT2D eigenvalue weighted by Crippen LogP contribution is -2.56. The fourth-order valence-corrected chi connectivity index (χ4v) is 4.21. The summed E-state index contributed by atoms with van der Waals surface area (Å²) in [6.45, 7) is 8.01. The standard InChI is InChI=1S/C22H34F3N5O.HI/c1-3-26-21(30-12-10-29(11-13-30)17(2)22(23,24)25)27-14-20(31)16-28-9-8-18-6-4-5-7-19(18)15-28;/h4-7,17,20,31H,3,8-16H2,1-2H3,(H,26,27);1H. The van der Waals surface area contributed by atoms with Gasteiger partial charge in [0.2, 0.25) is 0 Å². The van der Waals surface area contributed by atoms with Crippen LogP contribution in [0.4, 0.5) is 13.2 Å². The Bertz CT molecular complexity index is 741. The predicted molar refractivity (Wildman–Crippen MR) is 131 cm³/mol. The summed E-state index contributed by atoms with van der Waals surface area (Å²) in [6, 6.07) is 6.95. The Hall–Kier alpha value is -1.11. The molecule has 0 aromatic heterocycles. The van der Waals surface area contributed by atoms with E-state index in [1.165, 1.54) is 23.0 Å². The number of fused-ring (bicyclic) bond motifs is 1. The molecule has 1 saturated heterocycles. The minimum absolute atomic E-state index is 0. The molecule has 2 atom stereocenters. The van der Waals surface area contributed by atoms with Crippen molar-refractivity contribution in [2.24, 2.45) is 4.99 Å². The molecule has 0 bridgehead atoms. The maximum atomic E-state index is 13.0. The Labute approximate surface area is 205 Å². The fourth-order valence-electron chi connectivity index (χ4n) is 4.21. The summed E-state index contributed by atoms with van der Waals surface area (Å²) in [5.41, 5.74) is 2.68. The Kier molecular flexibility index (Phi) is 10.5. The summed E-state index contributed by atoms with van der Waals surface area (Å²) in [5.74, 6) is 0.657. The van der Waals surface area contributed by atoms with E-state index in [1.807, 2.05) is 17.9 Å². The third-order valence-corrected chi connectivity index (χ3v) is 6.10. The van der Waals surface area contributed by atoms with Crippen LogP contribution in [0.3, 0.4) is 0 Å². The van der Waals surface area contributed by atoms with Crippen molar-refractivity contribution in [2.45, 2.75) is 45.1 Å². The lowest BCUT2D eigenvalue weighted by Gasteiger charge is -2.39. The number of hydrogen-bond donors (Lipinski definition) is 2. The molecule has 10 heteroatoms. The van der Waals surface area contributed by atoms with Crippen LogP contribution in [-0.4, -0.2) is 96.4 Å². The summed E-state index contributed by atoms with van der Waals surface area (Å²) < 4.78 is 38.9. The van der Waals surface area contributed by atoms with Gasteiger partial charge < -0.3 is 15.3 Å². The van der Waals surface area contributed by atoms with E-state index in [9.17, 15) is 18.3 Å². The largest absolute Gasteiger partial charge is 0.403 e. The van der Waals surface area contributed by atoms with E-state index in [0.717, 1.165) is 19.5 Å². The number of aliphatic hydroxyl groups excluding tert-OH is 1. The Morgan fingerprint density at radius 1 is 1.12 bits per heavy atom. The number of benzene rings is 1. The van der Waals surface area contributed by atoms with Crippen LogP contribution in [0.15, 0.2) is 29.3 Å². The lowest BCUT2D eigenvalue weighted by atomic mass is 10.00. The van der Waals surface area contributed by atoms with Crippen molar-refractivity contribution in [1.29, 1.82) is 0 Å². The normalized spacial score (nSPS) is 20.3. The van der Waals surface area contributed by atoms with Gasteiger partial charge in [0.15, 0.2) is 5.96 Å². The number of halogens is 4. The van der Waals surface area contributed by atoms with Gasteiger partial charge in [0.1, 0.15) is 6.04 Å². The summed E-state index contributed by atoms with van der Waals surface area (Å²) in [7, 11) is 0. The van der Waals surface area contributed by atoms with Crippen LogP contribution in [0.1, 0.15) is 25.0 Å². The van der Waals surface area contributed by atoms with Crippen LogP contribution < -0.4 is 5.32 Å². The number of rotatable bonds is 6. The highest BCUT2D eigenvalue weighted by molar-refractivity contribution is 14.0. The van der Waals surface area contributed by atoms with Gasteiger partial charge in [-0.3, -0.25) is 14.8 Å². The molecular weight excluding hydrogens is 534 g/mol. The number of β-amino-alcohol motifs (C(OH)–C–C–N with tert-alkyl or cyclic N) is 1. The second-order valence-electron chi connectivity index (χ2n) is 8.34. The van der Waals surface area contributed by atoms with E-state index in [0.29, 0.717) is 45.2 Å². The molecular formula is C22H35F3IN5O. The number of piperazine rings is 1. The van der Waals surface area contributed by atoms with Gasteiger partial charge in [-0.1, -0.05) is 24.3 Å². The lowest BCUT2D eigenvalue weighted by molar-refractivity contribution is -0.181. The maximum absolute atomic E-state index is 13.0. The first-order chi connectivity index (χ1) is 14.8. The minimum Gasteiger partial charge on any atom is -0.390 e. The highest BCUT2D eigenvalue weighted by Crippen LogP contribution is 2.25. The molecule has 1 aromatic carbocycles. The van der Waals surface area contributed by atoms with Crippen molar-refractivity contribution in [3.05, 3.63) is 35.4 Å². The van der Waals surface area contributed by atoms with Crippen molar-refractivity contribution >= 4 is 29.9 Å². The van der Waals surface area contributed by atoms with Gasteiger partial charge in [-0.2, -0.15) is 13.2 Å². The molecule has 32 heavy (non-hydrogen) atoms. The quantitative estimate of drug-likeness (QED) is 0.314. The molecule has 6 nitrogen and oxygen atoms in total. The van der Waals surface area contributed by atoms with Crippen LogP contribution in [-0.2, 0) is 13.0 Å². The number of nitrogens with zero attached hydrogens (tertiary/aromatic N) is 4. The van der Waals surface area contributed by atoms with Crippen molar-refractivity contribution < 1.29 is 18.3 Å². The number of nitrogens with one attached hydrogen (secondary N) is 1. The summed E-state index contributed by atoms with van der Waals surface area (Å²) in [5, 5.41) is 13.8. The first kappa shape index (κ1) is 27.1. The number of aliphatic imine (C=N–C) groups is 1. The Balaban J connectivity index is 0.00000363. The monoisotopic (exact) mass is 569 g/mol. The zero-order valence-corrected chi connectivity index (χ0v) is 21.1. The van der Waals surface area contributed by atoms with Crippen LogP contribution in [0.2, 0.25) is 0 Å². The SMILES string of the molecule is CCNC(=NCC(O)CN1CCc2ccccc2C1)N1CCN(C(C)C(F)(F)F)CC1.I. The summed E-state index contributed by atoms with van der Waals surface area (Å²) >= 11 is 0. The van der Waals surface area contributed by atoms with Gasteiger partial charge in [-0.25, -0.2) is 0 Å². The molecule has 0 saturated carbocycles. The van der Waals surface area contributed by atoms with Gasteiger partial charge in [-0.15, -0.1) is 24.0 Å². The van der Waals surface area contributed by atoms with Crippen molar-refractivity contribution in [2.75, 3.05) is 52.4 Å². The molecule has 3 rings (SSSR count). The Morgan fingerprint density at radius 3 is 2.41 bits per heavy atom. The predicted octanol–water partition coefficient (Wildman–Crippen LogP) is 2.56. The third-order valence-electron chi connectivity index (χ3n) is 6.10. The van der Waals surface area contributed by atoms with E-state index < -0.39 is 18.3 Å². The first-order valence-corrected chi connectivity index (χ1v) is 11.1. The van der Waals surface area contributed by atoms with Crippen LogP contribution >= 0.6 is 24.0 Å². The second kappa shape index (κ2) is 12.4. The molecule has 1 aromatic rings. The van der Waals surface area contributed by atoms with E-state index in [1.54, 1.807) is 0 Å². The number of hydrogen-bond acceptors (Lipinski definition) is 4. The van der Waals surface area contributed by atoms with Gasteiger partial charge >= 0.3 is 6.18 Å². The van der Waals surface area contributed by atoms with E-state index >= 15 is 0 Å². The van der Waals surface area contributed by atoms with Gasteiger partial charge in [0.25, 0.3) is 0 Å². The first-order valence-electron chi connectivity index (χ1n) is 11.1. The van der Waals surface area contributed by atoms with Gasteiger partial charge in [-0.05, 0) is 31.4 Å². The molecule has 2 heterocycles. The molecule has 0 spiro atoms. The smallest absolute Gasteiger partial charge is 0.390 e. The molecule has 2 N–H and O–H groups in total. The van der Waals surface area contributed by atoms with Gasteiger partial charge in [0, 0.05) is 52.4 Å².